The lowest BCUT2D eigenvalue weighted by molar-refractivity contribution is -0.146. The van der Waals surface area contributed by atoms with E-state index in [1.807, 2.05) is 91.0 Å². The van der Waals surface area contributed by atoms with Gasteiger partial charge in [0.15, 0.2) is 0 Å². The van der Waals surface area contributed by atoms with Crippen LogP contribution in [0.3, 0.4) is 0 Å². The fourth-order valence-corrected chi connectivity index (χ4v) is 2.99. The van der Waals surface area contributed by atoms with Crippen LogP contribution in [0.1, 0.15) is 16.7 Å². The van der Waals surface area contributed by atoms with Gasteiger partial charge in [-0.2, -0.15) is 0 Å². The monoisotopic (exact) mass is 372 g/mol. The predicted octanol–water partition coefficient (Wildman–Crippen LogP) is 3.57. The summed E-state index contributed by atoms with van der Waals surface area (Å²) in [5.74, 6) is -1.08. The smallest absolute Gasteiger partial charge is 0.312 e. The van der Waals surface area contributed by atoms with E-state index in [2.05, 4.69) is 5.32 Å². The van der Waals surface area contributed by atoms with Crippen LogP contribution < -0.4 is 5.32 Å². The molecule has 0 spiro atoms. The van der Waals surface area contributed by atoms with E-state index in [0.717, 1.165) is 16.7 Å². The van der Waals surface area contributed by atoms with E-state index in [9.17, 15) is 9.59 Å². The first kappa shape index (κ1) is 19.4. The number of amides is 2. The molecule has 4 nitrogen and oxygen atoms in total. The predicted molar refractivity (Wildman–Crippen MR) is 110 cm³/mol. The van der Waals surface area contributed by atoms with Crippen LogP contribution in [-0.2, 0) is 29.1 Å². The Kier molecular flexibility index (Phi) is 6.96. The summed E-state index contributed by atoms with van der Waals surface area (Å²) in [4.78, 5) is 26.8. The maximum absolute atomic E-state index is 12.8. The molecule has 0 saturated heterocycles. The van der Waals surface area contributed by atoms with Gasteiger partial charge in [-0.3, -0.25) is 9.59 Å². The summed E-state index contributed by atoms with van der Waals surface area (Å²) >= 11 is 0. The minimum atomic E-state index is -0.567. The Hall–Kier alpha value is -3.40. The third-order valence-electron chi connectivity index (χ3n) is 4.46. The van der Waals surface area contributed by atoms with E-state index in [4.69, 9.17) is 0 Å². The van der Waals surface area contributed by atoms with Crippen molar-refractivity contribution in [2.24, 2.45) is 0 Å². The average molecular weight is 372 g/mol. The minimum Gasteiger partial charge on any atom is -0.347 e. The molecule has 0 unspecified atom stereocenters. The maximum Gasteiger partial charge on any atom is 0.312 e. The highest BCUT2D eigenvalue weighted by atomic mass is 16.2. The second kappa shape index (κ2) is 10.1. The molecule has 3 aromatic carbocycles. The van der Waals surface area contributed by atoms with Crippen molar-refractivity contribution in [2.45, 2.75) is 19.5 Å². The van der Waals surface area contributed by atoms with E-state index in [0.29, 0.717) is 26.1 Å². The van der Waals surface area contributed by atoms with Crippen LogP contribution in [0.25, 0.3) is 0 Å². The van der Waals surface area contributed by atoms with Crippen LogP contribution in [0.2, 0.25) is 0 Å². The molecular formula is C24H24N2O2. The molecule has 0 aromatic heterocycles. The molecule has 142 valence electrons. The molecule has 0 aliphatic rings. The molecule has 3 aromatic rings. The molecule has 2 amide bonds. The van der Waals surface area contributed by atoms with Crippen LogP contribution in [0.5, 0.6) is 0 Å². The molecule has 0 heterocycles. The van der Waals surface area contributed by atoms with Crippen molar-refractivity contribution in [3.63, 3.8) is 0 Å². The van der Waals surface area contributed by atoms with Gasteiger partial charge in [0.2, 0.25) is 0 Å². The summed E-state index contributed by atoms with van der Waals surface area (Å²) in [6, 6.07) is 29.3. The highest BCUT2D eigenvalue weighted by Gasteiger charge is 2.22. The zero-order valence-corrected chi connectivity index (χ0v) is 15.8. The van der Waals surface area contributed by atoms with Gasteiger partial charge in [0, 0.05) is 19.6 Å². The van der Waals surface area contributed by atoms with Crippen LogP contribution in [-0.4, -0.2) is 23.3 Å². The standard InChI is InChI=1S/C24H24N2O2/c27-23(25-17-16-20-10-4-1-5-11-20)24(28)26(18-21-12-6-2-7-13-21)19-22-14-8-3-9-15-22/h1-15H,16-19H2,(H,25,27). The van der Waals surface area contributed by atoms with Crippen molar-refractivity contribution in [1.82, 2.24) is 10.2 Å². The Morgan fingerprint density at radius 3 is 1.54 bits per heavy atom. The third kappa shape index (κ3) is 5.81. The van der Waals surface area contributed by atoms with E-state index in [-0.39, 0.29) is 0 Å². The largest absolute Gasteiger partial charge is 0.347 e. The van der Waals surface area contributed by atoms with Gasteiger partial charge < -0.3 is 10.2 Å². The average Bonchev–Trinajstić information content (AvgIpc) is 2.75. The molecule has 0 atom stereocenters. The number of nitrogens with zero attached hydrogens (tertiary/aromatic N) is 1. The number of hydrogen-bond acceptors (Lipinski definition) is 2. The number of carbonyl (C=O) groups excluding carboxylic acids is 2. The quantitative estimate of drug-likeness (QED) is 0.645. The first-order valence-electron chi connectivity index (χ1n) is 9.41. The molecule has 4 heteroatoms. The molecule has 0 fully saturated rings. The lowest BCUT2D eigenvalue weighted by Crippen LogP contribution is -2.42. The Morgan fingerprint density at radius 2 is 1.07 bits per heavy atom. The zero-order valence-electron chi connectivity index (χ0n) is 15.8. The van der Waals surface area contributed by atoms with E-state index >= 15 is 0 Å². The summed E-state index contributed by atoms with van der Waals surface area (Å²) < 4.78 is 0. The SMILES string of the molecule is O=C(NCCc1ccccc1)C(=O)N(Cc1ccccc1)Cc1ccccc1. The van der Waals surface area contributed by atoms with E-state index in [1.54, 1.807) is 4.90 Å². The van der Waals surface area contributed by atoms with E-state index < -0.39 is 11.8 Å². The molecule has 0 aliphatic carbocycles. The van der Waals surface area contributed by atoms with Gasteiger partial charge in [0.1, 0.15) is 0 Å². The molecule has 0 radical (unpaired) electrons. The van der Waals surface area contributed by atoms with Gasteiger partial charge >= 0.3 is 11.8 Å². The van der Waals surface area contributed by atoms with Crippen molar-refractivity contribution in [1.29, 1.82) is 0 Å². The number of rotatable bonds is 7. The van der Waals surface area contributed by atoms with Gasteiger partial charge in [-0.1, -0.05) is 91.0 Å². The molecule has 0 aliphatic heterocycles. The fraction of sp³-hybridized carbons (Fsp3) is 0.167. The number of carbonyl (C=O) groups is 2. The zero-order chi connectivity index (χ0) is 19.6. The van der Waals surface area contributed by atoms with Crippen molar-refractivity contribution < 1.29 is 9.59 Å². The molecule has 0 saturated carbocycles. The third-order valence-corrected chi connectivity index (χ3v) is 4.46. The van der Waals surface area contributed by atoms with Gasteiger partial charge in [-0.25, -0.2) is 0 Å². The summed E-state index contributed by atoms with van der Waals surface area (Å²) in [7, 11) is 0. The second-order valence-electron chi connectivity index (χ2n) is 6.62. The summed E-state index contributed by atoms with van der Waals surface area (Å²) in [6.07, 6.45) is 0.692. The Balaban J connectivity index is 1.63. The Morgan fingerprint density at radius 1 is 0.643 bits per heavy atom. The molecule has 28 heavy (non-hydrogen) atoms. The van der Waals surface area contributed by atoms with Crippen LogP contribution >= 0.6 is 0 Å². The highest BCUT2D eigenvalue weighted by Crippen LogP contribution is 2.10. The number of benzene rings is 3. The first-order chi connectivity index (χ1) is 13.7. The number of nitrogens with one attached hydrogen (secondary N) is 1. The van der Waals surface area contributed by atoms with Gasteiger partial charge in [0.05, 0.1) is 0 Å². The second-order valence-corrected chi connectivity index (χ2v) is 6.62. The maximum atomic E-state index is 12.8. The van der Waals surface area contributed by atoms with Crippen molar-refractivity contribution in [3.05, 3.63) is 108 Å². The summed E-state index contributed by atoms with van der Waals surface area (Å²) in [6.45, 7) is 1.21. The normalized spacial score (nSPS) is 10.3. The van der Waals surface area contributed by atoms with Crippen LogP contribution in [0.4, 0.5) is 0 Å². The first-order valence-corrected chi connectivity index (χ1v) is 9.41. The Bertz CT molecular complexity index is 839. The van der Waals surface area contributed by atoms with Crippen LogP contribution in [0.15, 0.2) is 91.0 Å². The summed E-state index contributed by atoms with van der Waals surface area (Å²) in [5, 5.41) is 2.75. The molecule has 1 N–H and O–H groups in total. The van der Waals surface area contributed by atoms with Crippen molar-refractivity contribution >= 4 is 11.8 Å². The molecule has 0 bridgehead atoms. The van der Waals surface area contributed by atoms with E-state index in [1.165, 1.54) is 0 Å². The van der Waals surface area contributed by atoms with Crippen LogP contribution in [0, 0.1) is 0 Å². The Labute approximate surface area is 165 Å². The molecule has 3 rings (SSSR count). The van der Waals surface area contributed by atoms with Crippen molar-refractivity contribution in [3.8, 4) is 0 Å². The van der Waals surface area contributed by atoms with Gasteiger partial charge in [-0.05, 0) is 23.1 Å². The highest BCUT2D eigenvalue weighted by molar-refractivity contribution is 6.34. The van der Waals surface area contributed by atoms with Gasteiger partial charge in [-0.15, -0.1) is 0 Å². The number of hydrogen-bond donors (Lipinski definition) is 1. The summed E-state index contributed by atoms with van der Waals surface area (Å²) in [5.41, 5.74) is 3.11. The fourth-order valence-electron chi connectivity index (χ4n) is 2.99. The van der Waals surface area contributed by atoms with Crippen molar-refractivity contribution in [2.75, 3.05) is 6.54 Å². The minimum absolute atomic E-state index is 0.390. The van der Waals surface area contributed by atoms with Gasteiger partial charge in [0.25, 0.3) is 0 Å². The lowest BCUT2D eigenvalue weighted by atomic mass is 10.1. The molecular weight excluding hydrogens is 348 g/mol. The lowest BCUT2D eigenvalue weighted by Gasteiger charge is -2.22. The topological polar surface area (TPSA) is 49.4 Å².